The van der Waals surface area contributed by atoms with Gasteiger partial charge in [0, 0.05) is 18.3 Å². The predicted octanol–water partition coefficient (Wildman–Crippen LogP) is 2.02. The molecule has 0 fully saturated rings. The van der Waals surface area contributed by atoms with E-state index in [1.54, 1.807) is 4.68 Å². The topological polar surface area (TPSA) is 46.9 Å². The quantitative estimate of drug-likeness (QED) is 0.906. The first-order valence-electron chi connectivity index (χ1n) is 6.87. The molecule has 0 aliphatic heterocycles. The first-order valence-corrected chi connectivity index (χ1v) is 6.87. The number of amides is 1. The summed E-state index contributed by atoms with van der Waals surface area (Å²) >= 11 is 0. The van der Waals surface area contributed by atoms with Crippen molar-refractivity contribution in [1.29, 1.82) is 0 Å². The van der Waals surface area contributed by atoms with Gasteiger partial charge in [0.05, 0.1) is 0 Å². The van der Waals surface area contributed by atoms with Crippen LogP contribution in [0.15, 0.2) is 30.3 Å². The van der Waals surface area contributed by atoms with Gasteiger partial charge in [-0.3, -0.25) is 9.48 Å². The summed E-state index contributed by atoms with van der Waals surface area (Å²) < 4.78 is 1.72. The van der Waals surface area contributed by atoms with E-state index in [-0.39, 0.29) is 11.4 Å². The van der Waals surface area contributed by atoms with Crippen molar-refractivity contribution in [2.24, 2.45) is 7.05 Å². The van der Waals surface area contributed by atoms with Crippen LogP contribution in [0, 0.1) is 6.92 Å². The normalized spacial score (nSPS) is 15.9. The van der Waals surface area contributed by atoms with Gasteiger partial charge >= 0.3 is 0 Å². The van der Waals surface area contributed by atoms with Crippen molar-refractivity contribution >= 4 is 5.91 Å². The zero-order valence-corrected chi connectivity index (χ0v) is 12.1. The Bertz CT molecular complexity index is 628. The highest BCUT2D eigenvalue weighted by Crippen LogP contribution is 2.29. The predicted molar refractivity (Wildman–Crippen MR) is 77.7 cm³/mol. The Morgan fingerprint density at radius 1 is 1.30 bits per heavy atom. The molecule has 0 unspecified atom stereocenters. The molecule has 0 atom stereocenters. The molecule has 0 saturated carbocycles. The molecule has 0 saturated heterocycles. The maximum absolute atomic E-state index is 12.3. The molecule has 1 amide bonds. The monoisotopic (exact) mass is 269 g/mol. The van der Waals surface area contributed by atoms with Gasteiger partial charge < -0.3 is 5.32 Å². The number of carbonyl (C=O) groups excluding carboxylic acids is 1. The maximum Gasteiger partial charge on any atom is 0.272 e. The first-order chi connectivity index (χ1) is 9.47. The molecule has 0 spiro atoms. The summed E-state index contributed by atoms with van der Waals surface area (Å²) in [5, 5.41) is 7.38. The van der Waals surface area contributed by atoms with Gasteiger partial charge in [-0.05, 0) is 43.9 Å². The summed E-state index contributed by atoms with van der Waals surface area (Å²) in [7, 11) is 1.85. The Kier molecular flexibility index (Phi) is 2.89. The van der Waals surface area contributed by atoms with E-state index in [4.69, 9.17) is 0 Å². The van der Waals surface area contributed by atoms with E-state index in [0.29, 0.717) is 5.69 Å². The Morgan fingerprint density at radius 3 is 2.40 bits per heavy atom. The standard InChI is InChI=1S/C16H19N3O/c1-11-8-14(18-19(11)3)15(20)17-16(2)9-12-6-4-5-7-13(12)10-16/h4-8H,9-10H2,1-3H3,(H,17,20). The van der Waals surface area contributed by atoms with Gasteiger partial charge in [0.25, 0.3) is 5.91 Å². The molecule has 0 bridgehead atoms. The van der Waals surface area contributed by atoms with E-state index in [0.717, 1.165) is 18.5 Å². The minimum atomic E-state index is -0.216. The SMILES string of the molecule is Cc1cc(C(=O)NC2(C)Cc3ccccc3C2)nn1C. The fourth-order valence-electron chi connectivity index (χ4n) is 2.90. The molecule has 2 aromatic rings. The van der Waals surface area contributed by atoms with E-state index in [2.05, 4.69) is 41.6 Å². The number of nitrogens with zero attached hydrogens (tertiary/aromatic N) is 2. The summed E-state index contributed by atoms with van der Waals surface area (Å²) in [4.78, 5) is 12.3. The Labute approximate surface area is 118 Å². The van der Waals surface area contributed by atoms with Gasteiger partial charge in [-0.25, -0.2) is 0 Å². The molecular weight excluding hydrogens is 250 g/mol. The van der Waals surface area contributed by atoms with Gasteiger partial charge in [-0.15, -0.1) is 0 Å². The van der Waals surface area contributed by atoms with Crippen molar-refractivity contribution in [2.75, 3.05) is 0 Å². The van der Waals surface area contributed by atoms with Gasteiger partial charge in [-0.2, -0.15) is 5.10 Å². The molecule has 104 valence electrons. The van der Waals surface area contributed by atoms with E-state index >= 15 is 0 Å². The van der Waals surface area contributed by atoms with Crippen LogP contribution in [0.1, 0.15) is 34.2 Å². The van der Waals surface area contributed by atoms with Crippen molar-refractivity contribution in [1.82, 2.24) is 15.1 Å². The van der Waals surface area contributed by atoms with Crippen LogP contribution in [-0.4, -0.2) is 21.2 Å². The van der Waals surface area contributed by atoms with E-state index in [1.165, 1.54) is 11.1 Å². The molecule has 4 heteroatoms. The highest BCUT2D eigenvalue weighted by molar-refractivity contribution is 5.93. The molecular formula is C16H19N3O. The van der Waals surface area contributed by atoms with Crippen LogP contribution in [-0.2, 0) is 19.9 Å². The second-order valence-corrected chi connectivity index (χ2v) is 5.93. The fourth-order valence-corrected chi connectivity index (χ4v) is 2.90. The molecule has 1 aliphatic rings. The largest absolute Gasteiger partial charge is 0.345 e. The smallest absolute Gasteiger partial charge is 0.272 e. The maximum atomic E-state index is 12.3. The zero-order chi connectivity index (χ0) is 14.3. The van der Waals surface area contributed by atoms with Crippen LogP contribution in [0.2, 0.25) is 0 Å². The van der Waals surface area contributed by atoms with Crippen molar-refractivity contribution < 1.29 is 4.79 Å². The number of benzene rings is 1. The number of fused-ring (bicyclic) bond motifs is 1. The number of carbonyl (C=O) groups is 1. The van der Waals surface area contributed by atoms with E-state index in [9.17, 15) is 4.79 Å². The summed E-state index contributed by atoms with van der Waals surface area (Å²) in [5.74, 6) is -0.0935. The lowest BCUT2D eigenvalue weighted by Crippen LogP contribution is -2.46. The van der Waals surface area contributed by atoms with Crippen molar-refractivity contribution in [2.45, 2.75) is 32.2 Å². The third-order valence-corrected chi connectivity index (χ3v) is 4.04. The lowest BCUT2D eigenvalue weighted by molar-refractivity contribution is 0.0904. The molecule has 4 nitrogen and oxygen atoms in total. The van der Waals surface area contributed by atoms with Crippen LogP contribution in [0.5, 0.6) is 0 Å². The van der Waals surface area contributed by atoms with Crippen molar-refractivity contribution in [3.8, 4) is 0 Å². The van der Waals surface area contributed by atoms with Crippen LogP contribution in [0.25, 0.3) is 0 Å². The first kappa shape index (κ1) is 12.9. The summed E-state index contributed by atoms with van der Waals surface area (Å²) in [6.07, 6.45) is 1.75. The van der Waals surface area contributed by atoms with Crippen LogP contribution in [0.3, 0.4) is 0 Å². The number of hydrogen-bond donors (Lipinski definition) is 1. The van der Waals surface area contributed by atoms with E-state index < -0.39 is 0 Å². The molecule has 20 heavy (non-hydrogen) atoms. The van der Waals surface area contributed by atoms with Gasteiger partial charge in [0.15, 0.2) is 0 Å². The summed E-state index contributed by atoms with van der Waals surface area (Å²) in [5.41, 5.74) is 3.91. The Hall–Kier alpha value is -2.10. The van der Waals surface area contributed by atoms with Crippen molar-refractivity contribution in [3.05, 3.63) is 52.8 Å². The van der Waals surface area contributed by atoms with Crippen LogP contribution in [0.4, 0.5) is 0 Å². The average molecular weight is 269 g/mol. The Morgan fingerprint density at radius 2 is 1.90 bits per heavy atom. The minimum Gasteiger partial charge on any atom is -0.345 e. The average Bonchev–Trinajstić information content (AvgIpc) is 2.89. The highest BCUT2D eigenvalue weighted by Gasteiger charge is 2.34. The van der Waals surface area contributed by atoms with Crippen LogP contribution < -0.4 is 5.32 Å². The second-order valence-electron chi connectivity index (χ2n) is 5.93. The molecule has 3 rings (SSSR count). The number of aromatic nitrogens is 2. The lowest BCUT2D eigenvalue weighted by atomic mass is 9.98. The summed E-state index contributed by atoms with van der Waals surface area (Å²) in [6.45, 7) is 4.04. The third kappa shape index (κ3) is 2.22. The number of aryl methyl sites for hydroxylation is 2. The molecule has 1 heterocycles. The van der Waals surface area contributed by atoms with Gasteiger partial charge in [0.1, 0.15) is 5.69 Å². The van der Waals surface area contributed by atoms with E-state index in [1.807, 2.05) is 20.0 Å². The van der Waals surface area contributed by atoms with Gasteiger partial charge in [0.2, 0.25) is 0 Å². The highest BCUT2D eigenvalue weighted by atomic mass is 16.2. The fraction of sp³-hybridized carbons (Fsp3) is 0.375. The number of nitrogens with one attached hydrogen (secondary N) is 1. The van der Waals surface area contributed by atoms with Crippen LogP contribution >= 0.6 is 0 Å². The molecule has 1 aromatic carbocycles. The minimum absolute atomic E-state index is 0.0935. The zero-order valence-electron chi connectivity index (χ0n) is 12.1. The molecule has 1 aliphatic carbocycles. The van der Waals surface area contributed by atoms with Gasteiger partial charge in [-0.1, -0.05) is 24.3 Å². The Balaban J connectivity index is 1.77. The lowest BCUT2D eigenvalue weighted by Gasteiger charge is -2.24. The number of hydrogen-bond acceptors (Lipinski definition) is 2. The van der Waals surface area contributed by atoms with Crippen molar-refractivity contribution in [3.63, 3.8) is 0 Å². The summed E-state index contributed by atoms with van der Waals surface area (Å²) in [6, 6.07) is 10.2. The molecule has 1 N–H and O–H groups in total. The third-order valence-electron chi connectivity index (χ3n) is 4.04. The second kappa shape index (κ2) is 4.47. The molecule has 1 aromatic heterocycles. The molecule has 0 radical (unpaired) electrons. The number of rotatable bonds is 2.